The molecule has 0 aromatic heterocycles. The molecular weight excluding hydrogens is 254 g/mol. The number of rotatable bonds is 6. The molecular formula is C11H19N3O3S. The van der Waals surface area contributed by atoms with E-state index < -0.39 is 6.04 Å². The van der Waals surface area contributed by atoms with Gasteiger partial charge in [-0.05, 0) is 13.3 Å². The molecule has 18 heavy (non-hydrogen) atoms. The Kier molecular flexibility index (Phi) is 5.97. The van der Waals surface area contributed by atoms with Gasteiger partial charge in [-0.25, -0.2) is 0 Å². The van der Waals surface area contributed by atoms with Crippen LogP contribution in [0, 0.1) is 0 Å². The molecule has 3 amide bonds. The van der Waals surface area contributed by atoms with Crippen LogP contribution in [-0.2, 0) is 14.4 Å². The summed E-state index contributed by atoms with van der Waals surface area (Å²) in [6.45, 7) is 4.21. The van der Waals surface area contributed by atoms with Gasteiger partial charge in [-0.2, -0.15) is 0 Å². The molecule has 1 aliphatic rings. The van der Waals surface area contributed by atoms with Crippen molar-refractivity contribution in [2.45, 2.75) is 26.3 Å². The molecule has 0 bridgehead atoms. The second kappa shape index (κ2) is 7.25. The van der Waals surface area contributed by atoms with Crippen LogP contribution in [0.5, 0.6) is 0 Å². The average molecular weight is 273 g/mol. The molecule has 6 nitrogen and oxygen atoms in total. The predicted octanol–water partition coefficient (Wildman–Crippen LogP) is -0.450. The van der Waals surface area contributed by atoms with E-state index in [0.717, 1.165) is 6.42 Å². The molecule has 1 aliphatic heterocycles. The molecule has 2 N–H and O–H groups in total. The Morgan fingerprint density at radius 1 is 1.50 bits per heavy atom. The van der Waals surface area contributed by atoms with Gasteiger partial charge in [0.25, 0.3) is 0 Å². The number of thioether (sulfide) groups is 1. The van der Waals surface area contributed by atoms with Gasteiger partial charge in [-0.15, -0.1) is 11.8 Å². The van der Waals surface area contributed by atoms with Crippen molar-refractivity contribution >= 4 is 29.5 Å². The van der Waals surface area contributed by atoms with Gasteiger partial charge in [0.15, 0.2) is 0 Å². The predicted molar refractivity (Wildman–Crippen MR) is 69.9 cm³/mol. The summed E-state index contributed by atoms with van der Waals surface area (Å²) in [5.41, 5.74) is 0. The Labute approximate surface area is 111 Å². The van der Waals surface area contributed by atoms with Gasteiger partial charge in [-0.3, -0.25) is 14.4 Å². The summed E-state index contributed by atoms with van der Waals surface area (Å²) in [4.78, 5) is 36.0. The Hall–Kier alpha value is -1.24. The van der Waals surface area contributed by atoms with Crippen LogP contribution >= 0.6 is 11.8 Å². The fraction of sp³-hybridized carbons (Fsp3) is 0.727. The van der Waals surface area contributed by atoms with Crippen molar-refractivity contribution < 1.29 is 14.4 Å². The maximum atomic E-state index is 11.6. The normalized spacial score (nSPS) is 16.6. The number of hydrogen-bond donors (Lipinski definition) is 2. The number of amides is 3. The van der Waals surface area contributed by atoms with Crippen LogP contribution in [0.2, 0.25) is 0 Å². The first kappa shape index (κ1) is 14.8. The second-order valence-corrected chi connectivity index (χ2v) is 5.10. The zero-order valence-corrected chi connectivity index (χ0v) is 11.5. The lowest BCUT2D eigenvalue weighted by atomic mass is 10.3. The zero-order chi connectivity index (χ0) is 13.5. The van der Waals surface area contributed by atoms with E-state index in [1.807, 2.05) is 6.92 Å². The summed E-state index contributed by atoms with van der Waals surface area (Å²) < 4.78 is 0. The van der Waals surface area contributed by atoms with E-state index in [1.165, 1.54) is 16.7 Å². The molecule has 1 rings (SSSR count). The summed E-state index contributed by atoms with van der Waals surface area (Å²) in [6.07, 6.45) is 0.853. The average Bonchev–Trinajstić information content (AvgIpc) is 2.71. The molecule has 1 heterocycles. The summed E-state index contributed by atoms with van der Waals surface area (Å²) in [7, 11) is 0. The summed E-state index contributed by atoms with van der Waals surface area (Å²) in [6, 6.07) is -0.575. The quantitative estimate of drug-likeness (QED) is 0.687. The molecule has 1 fully saturated rings. The van der Waals surface area contributed by atoms with Crippen LogP contribution in [0.25, 0.3) is 0 Å². The number of nitrogens with one attached hydrogen (secondary N) is 2. The molecule has 0 aromatic rings. The highest BCUT2D eigenvalue weighted by Crippen LogP contribution is 2.13. The van der Waals surface area contributed by atoms with E-state index in [0.29, 0.717) is 18.2 Å². The van der Waals surface area contributed by atoms with Crippen LogP contribution in [0.3, 0.4) is 0 Å². The molecule has 7 heteroatoms. The Morgan fingerprint density at radius 2 is 2.22 bits per heavy atom. The van der Waals surface area contributed by atoms with Gasteiger partial charge < -0.3 is 15.5 Å². The molecule has 0 aromatic carbocycles. The third-order valence-electron chi connectivity index (χ3n) is 2.48. The van der Waals surface area contributed by atoms with Crippen molar-refractivity contribution in [1.29, 1.82) is 0 Å². The van der Waals surface area contributed by atoms with Crippen molar-refractivity contribution in [3.8, 4) is 0 Å². The van der Waals surface area contributed by atoms with E-state index in [9.17, 15) is 14.4 Å². The summed E-state index contributed by atoms with van der Waals surface area (Å²) in [5, 5.41) is 5.28. The fourth-order valence-electron chi connectivity index (χ4n) is 1.47. The molecule has 1 saturated heterocycles. The third-order valence-corrected chi connectivity index (χ3v) is 3.43. The molecule has 0 radical (unpaired) electrons. The highest BCUT2D eigenvalue weighted by molar-refractivity contribution is 8.00. The maximum absolute atomic E-state index is 11.6. The second-order valence-electron chi connectivity index (χ2n) is 4.15. The maximum Gasteiger partial charge on any atom is 0.242 e. The van der Waals surface area contributed by atoms with Gasteiger partial charge in [-0.1, -0.05) is 6.92 Å². The van der Waals surface area contributed by atoms with Gasteiger partial charge in [0, 0.05) is 6.54 Å². The van der Waals surface area contributed by atoms with Crippen LogP contribution in [-0.4, -0.2) is 53.4 Å². The largest absolute Gasteiger partial charge is 0.354 e. The Bertz CT molecular complexity index is 335. The molecule has 0 aliphatic carbocycles. The minimum atomic E-state index is -0.575. The lowest BCUT2D eigenvalue weighted by molar-refractivity contribution is -0.133. The molecule has 102 valence electrons. The van der Waals surface area contributed by atoms with E-state index >= 15 is 0 Å². The van der Waals surface area contributed by atoms with Crippen LogP contribution in [0.4, 0.5) is 0 Å². The Balaban J connectivity index is 2.30. The fourth-order valence-corrected chi connectivity index (χ4v) is 2.37. The van der Waals surface area contributed by atoms with Crippen molar-refractivity contribution in [3.05, 3.63) is 0 Å². The lowest BCUT2D eigenvalue weighted by Gasteiger charge is -2.17. The van der Waals surface area contributed by atoms with Crippen LogP contribution in [0.1, 0.15) is 20.3 Å². The van der Waals surface area contributed by atoms with Crippen molar-refractivity contribution in [2.75, 3.05) is 24.7 Å². The zero-order valence-electron chi connectivity index (χ0n) is 10.7. The monoisotopic (exact) mass is 273 g/mol. The number of carbonyl (C=O) groups excluding carboxylic acids is 3. The van der Waals surface area contributed by atoms with Gasteiger partial charge in [0.05, 0.1) is 11.6 Å². The summed E-state index contributed by atoms with van der Waals surface area (Å²) in [5.74, 6) is 0.443. The highest BCUT2D eigenvalue weighted by Gasteiger charge is 2.24. The van der Waals surface area contributed by atoms with Crippen molar-refractivity contribution in [3.63, 3.8) is 0 Å². The summed E-state index contributed by atoms with van der Waals surface area (Å²) >= 11 is 1.49. The van der Waals surface area contributed by atoms with Crippen molar-refractivity contribution in [1.82, 2.24) is 15.5 Å². The first-order valence-electron chi connectivity index (χ1n) is 5.97. The molecule has 0 spiro atoms. The van der Waals surface area contributed by atoms with Gasteiger partial charge in [0.1, 0.15) is 12.6 Å². The first-order valence-corrected chi connectivity index (χ1v) is 7.12. The smallest absolute Gasteiger partial charge is 0.242 e. The van der Waals surface area contributed by atoms with Crippen LogP contribution < -0.4 is 10.6 Å². The number of nitrogens with zero attached hydrogens (tertiary/aromatic N) is 1. The van der Waals surface area contributed by atoms with Crippen molar-refractivity contribution in [2.24, 2.45) is 0 Å². The van der Waals surface area contributed by atoms with E-state index in [2.05, 4.69) is 10.6 Å². The SMILES string of the molecule is CCCNC(=O)C(C)NC(=O)CN1CSCC1=O. The topological polar surface area (TPSA) is 78.5 Å². The lowest BCUT2D eigenvalue weighted by Crippen LogP contribution is -2.48. The first-order chi connectivity index (χ1) is 8.54. The molecule has 1 unspecified atom stereocenters. The highest BCUT2D eigenvalue weighted by atomic mass is 32.2. The third kappa shape index (κ3) is 4.56. The van der Waals surface area contributed by atoms with Gasteiger partial charge in [0.2, 0.25) is 17.7 Å². The Morgan fingerprint density at radius 3 is 2.78 bits per heavy atom. The molecule has 0 saturated carbocycles. The number of carbonyl (C=O) groups is 3. The molecule has 1 atom stereocenters. The van der Waals surface area contributed by atoms with Crippen LogP contribution in [0.15, 0.2) is 0 Å². The van der Waals surface area contributed by atoms with E-state index in [4.69, 9.17) is 0 Å². The minimum Gasteiger partial charge on any atom is -0.354 e. The van der Waals surface area contributed by atoms with E-state index in [1.54, 1.807) is 6.92 Å². The standard InChI is InChI=1S/C11H19N3O3S/c1-3-4-12-11(17)8(2)13-9(15)5-14-7-18-6-10(14)16/h8H,3-7H2,1-2H3,(H,12,17)(H,13,15). The van der Waals surface area contributed by atoms with Gasteiger partial charge >= 0.3 is 0 Å². The van der Waals surface area contributed by atoms with E-state index in [-0.39, 0.29) is 24.3 Å². The number of hydrogen-bond acceptors (Lipinski definition) is 4. The minimum absolute atomic E-state index is 0.0250.